The second kappa shape index (κ2) is 8.41. The molecule has 0 fully saturated rings. The fraction of sp³-hybridized carbons (Fsp3) is 0.286. The van der Waals surface area contributed by atoms with Gasteiger partial charge in [0.05, 0.1) is 11.3 Å². The fourth-order valence-corrected chi connectivity index (χ4v) is 3.80. The second-order valence-corrected chi connectivity index (χ2v) is 7.52. The van der Waals surface area contributed by atoms with Crippen LogP contribution in [0, 0.1) is 5.82 Å². The minimum absolute atomic E-state index is 0.0714. The summed E-state index contributed by atoms with van der Waals surface area (Å²) in [4.78, 5) is 6.65. The van der Waals surface area contributed by atoms with Gasteiger partial charge in [0.25, 0.3) is 0 Å². The zero-order chi connectivity index (χ0) is 20.3. The van der Waals surface area contributed by atoms with Crippen molar-refractivity contribution in [2.45, 2.75) is 26.1 Å². The molecule has 2 nitrogen and oxygen atoms in total. The Morgan fingerprint density at radius 3 is 2.39 bits per heavy atom. The van der Waals surface area contributed by atoms with E-state index in [2.05, 4.69) is 23.9 Å². The van der Waals surface area contributed by atoms with Gasteiger partial charge in [-0.3, -0.25) is 0 Å². The van der Waals surface area contributed by atoms with Crippen LogP contribution in [0.25, 0.3) is 21.8 Å². The van der Waals surface area contributed by atoms with Crippen molar-refractivity contribution in [3.05, 3.63) is 64.8 Å². The van der Waals surface area contributed by atoms with Gasteiger partial charge in [-0.15, -0.1) is 11.3 Å². The first-order valence-electron chi connectivity index (χ1n) is 8.88. The highest BCUT2D eigenvalue weighted by atomic mass is 32.1. The lowest BCUT2D eigenvalue weighted by atomic mass is 10.1. The van der Waals surface area contributed by atoms with Crippen LogP contribution < -0.4 is 0 Å². The maximum atomic E-state index is 14.2. The molecular formula is C21H20F4N2S. The third-order valence-corrected chi connectivity index (χ3v) is 5.21. The molecule has 0 aliphatic rings. The Kier molecular flexibility index (Phi) is 6.15. The second-order valence-electron chi connectivity index (χ2n) is 6.66. The first kappa shape index (κ1) is 20.5. The van der Waals surface area contributed by atoms with Crippen LogP contribution >= 0.6 is 11.3 Å². The van der Waals surface area contributed by atoms with E-state index in [1.54, 1.807) is 5.38 Å². The number of hydrogen-bond acceptors (Lipinski definition) is 3. The van der Waals surface area contributed by atoms with Gasteiger partial charge in [0.15, 0.2) is 0 Å². The Morgan fingerprint density at radius 1 is 1.07 bits per heavy atom. The van der Waals surface area contributed by atoms with E-state index >= 15 is 0 Å². The predicted molar refractivity (Wildman–Crippen MR) is 105 cm³/mol. The molecular weight excluding hydrogens is 388 g/mol. The molecule has 28 heavy (non-hydrogen) atoms. The molecule has 0 amide bonds. The third-order valence-electron chi connectivity index (χ3n) is 4.34. The van der Waals surface area contributed by atoms with E-state index in [0.29, 0.717) is 16.8 Å². The number of benzene rings is 2. The van der Waals surface area contributed by atoms with Crippen LogP contribution in [0.15, 0.2) is 47.8 Å². The summed E-state index contributed by atoms with van der Waals surface area (Å²) < 4.78 is 52.3. The summed E-state index contributed by atoms with van der Waals surface area (Å²) in [6.45, 7) is 4.02. The molecule has 0 radical (unpaired) electrons. The molecule has 148 valence electrons. The van der Waals surface area contributed by atoms with Gasteiger partial charge in [-0.25, -0.2) is 9.37 Å². The number of hydrogen-bond donors (Lipinski definition) is 0. The van der Waals surface area contributed by atoms with Gasteiger partial charge >= 0.3 is 6.18 Å². The van der Waals surface area contributed by atoms with E-state index in [0.717, 1.165) is 37.2 Å². The molecule has 0 N–H and O–H groups in total. The van der Waals surface area contributed by atoms with Crippen LogP contribution in [0.3, 0.4) is 0 Å². The van der Waals surface area contributed by atoms with Crippen LogP contribution in [-0.2, 0) is 12.7 Å². The number of rotatable bonds is 6. The normalized spacial score (nSPS) is 12.0. The smallest absolute Gasteiger partial charge is 0.302 e. The largest absolute Gasteiger partial charge is 0.416 e. The van der Waals surface area contributed by atoms with Crippen molar-refractivity contribution in [1.29, 1.82) is 0 Å². The first-order valence-corrected chi connectivity index (χ1v) is 9.76. The first-order chi connectivity index (χ1) is 13.3. The Morgan fingerprint density at radius 2 is 1.79 bits per heavy atom. The van der Waals surface area contributed by atoms with Crippen molar-refractivity contribution < 1.29 is 17.6 Å². The predicted octanol–water partition coefficient (Wildman–Crippen LogP) is 6.48. The molecule has 0 unspecified atom stereocenters. The standard InChI is InChI=1S/C21H20F4N2S/c1-3-10-27(2)12-14-4-6-15(7-5-14)19-13-28-20(26-19)17-9-8-16(11-18(17)22)21(23,24)25/h4-9,11,13H,3,10,12H2,1-2H3. The Bertz CT molecular complexity index is 932. The highest BCUT2D eigenvalue weighted by Crippen LogP contribution is 2.35. The molecule has 0 aliphatic heterocycles. The molecule has 0 aliphatic carbocycles. The lowest BCUT2D eigenvalue weighted by molar-refractivity contribution is -0.137. The van der Waals surface area contributed by atoms with Crippen LogP contribution in [0.2, 0.25) is 0 Å². The number of aromatic nitrogens is 1. The molecule has 0 saturated heterocycles. The molecule has 0 bridgehead atoms. The van der Waals surface area contributed by atoms with E-state index in [1.807, 2.05) is 24.3 Å². The monoisotopic (exact) mass is 408 g/mol. The minimum Gasteiger partial charge on any atom is -0.302 e. The lowest BCUT2D eigenvalue weighted by Gasteiger charge is -2.15. The molecule has 7 heteroatoms. The van der Waals surface area contributed by atoms with Gasteiger partial charge < -0.3 is 4.90 Å². The average Bonchev–Trinajstić information content (AvgIpc) is 3.11. The van der Waals surface area contributed by atoms with E-state index in [-0.39, 0.29) is 5.56 Å². The van der Waals surface area contributed by atoms with Crippen molar-refractivity contribution in [3.63, 3.8) is 0 Å². The third kappa shape index (κ3) is 4.77. The van der Waals surface area contributed by atoms with Gasteiger partial charge in [-0.05, 0) is 43.8 Å². The molecule has 2 aromatic carbocycles. The molecule has 1 heterocycles. The minimum atomic E-state index is -4.57. The number of halogens is 4. The Labute approximate surface area is 165 Å². The topological polar surface area (TPSA) is 16.1 Å². The fourth-order valence-electron chi connectivity index (χ4n) is 2.95. The van der Waals surface area contributed by atoms with E-state index in [9.17, 15) is 17.6 Å². The summed E-state index contributed by atoms with van der Waals surface area (Å²) in [5.41, 5.74) is 1.81. The summed E-state index contributed by atoms with van der Waals surface area (Å²) in [5, 5.41) is 2.14. The van der Waals surface area contributed by atoms with Crippen molar-refractivity contribution in [3.8, 4) is 21.8 Å². The summed E-state index contributed by atoms with van der Waals surface area (Å²) in [6, 6.07) is 10.5. The summed E-state index contributed by atoms with van der Waals surface area (Å²) >= 11 is 1.21. The number of nitrogens with zero attached hydrogens (tertiary/aromatic N) is 2. The maximum Gasteiger partial charge on any atom is 0.416 e. The molecule has 3 rings (SSSR count). The Hall–Kier alpha value is -2.25. The van der Waals surface area contributed by atoms with Gasteiger partial charge in [0.1, 0.15) is 10.8 Å². The van der Waals surface area contributed by atoms with Gasteiger partial charge in [-0.1, -0.05) is 31.2 Å². The van der Waals surface area contributed by atoms with Crippen molar-refractivity contribution in [2.75, 3.05) is 13.6 Å². The van der Waals surface area contributed by atoms with E-state index in [4.69, 9.17) is 0 Å². The molecule has 0 saturated carbocycles. The summed E-state index contributed by atoms with van der Waals surface area (Å²) in [6.07, 6.45) is -3.48. The quantitative estimate of drug-likeness (QED) is 0.434. The van der Waals surface area contributed by atoms with E-state index < -0.39 is 17.6 Å². The highest BCUT2D eigenvalue weighted by Gasteiger charge is 2.31. The maximum absolute atomic E-state index is 14.2. The van der Waals surface area contributed by atoms with Crippen molar-refractivity contribution >= 4 is 11.3 Å². The van der Waals surface area contributed by atoms with Gasteiger partial charge in [-0.2, -0.15) is 13.2 Å². The number of alkyl halides is 3. The Balaban J connectivity index is 1.79. The molecule has 3 aromatic rings. The van der Waals surface area contributed by atoms with Gasteiger partial charge in [0, 0.05) is 23.1 Å². The van der Waals surface area contributed by atoms with Crippen molar-refractivity contribution in [2.24, 2.45) is 0 Å². The molecule has 0 atom stereocenters. The molecule has 1 aromatic heterocycles. The van der Waals surface area contributed by atoms with Gasteiger partial charge in [0.2, 0.25) is 0 Å². The number of thiazole rings is 1. The molecule has 0 spiro atoms. The van der Waals surface area contributed by atoms with Crippen LogP contribution in [-0.4, -0.2) is 23.5 Å². The van der Waals surface area contributed by atoms with E-state index in [1.165, 1.54) is 16.9 Å². The highest BCUT2D eigenvalue weighted by molar-refractivity contribution is 7.13. The summed E-state index contributed by atoms with van der Waals surface area (Å²) in [5.74, 6) is -0.926. The summed E-state index contributed by atoms with van der Waals surface area (Å²) in [7, 11) is 2.07. The zero-order valence-electron chi connectivity index (χ0n) is 15.6. The average molecular weight is 408 g/mol. The van der Waals surface area contributed by atoms with Crippen molar-refractivity contribution in [1.82, 2.24) is 9.88 Å². The van der Waals surface area contributed by atoms with Crippen LogP contribution in [0.5, 0.6) is 0 Å². The SMILES string of the molecule is CCCN(C)Cc1ccc(-c2csc(-c3ccc(C(F)(F)F)cc3F)n2)cc1. The zero-order valence-corrected chi connectivity index (χ0v) is 16.4. The lowest BCUT2D eigenvalue weighted by Crippen LogP contribution is -2.18. The van der Waals surface area contributed by atoms with Crippen LogP contribution in [0.1, 0.15) is 24.5 Å². The van der Waals surface area contributed by atoms with Crippen LogP contribution in [0.4, 0.5) is 17.6 Å².